The van der Waals surface area contributed by atoms with Crippen molar-refractivity contribution in [3.63, 3.8) is 0 Å². The van der Waals surface area contributed by atoms with E-state index in [-0.39, 0.29) is 0 Å². The molecule has 14 heavy (non-hydrogen) atoms. The molecule has 0 spiro atoms. The minimum atomic E-state index is -1.000. The van der Waals surface area contributed by atoms with Crippen LogP contribution in [0.4, 0.5) is 0 Å². The zero-order valence-electron chi connectivity index (χ0n) is 7.08. The van der Waals surface area contributed by atoms with Crippen molar-refractivity contribution in [1.29, 1.82) is 0 Å². The summed E-state index contributed by atoms with van der Waals surface area (Å²) in [5.41, 5.74) is 2.86. The predicted octanol–water partition coefficient (Wildman–Crippen LogP) is -3.16. The molecule has 3 N–H and O–H groups in total. The molecule has 0 aliphatic carbocycles. The molecule has 1 amide bonds. The highest BCUT2D eigenvalue weighted by atomic mass is 16.3. The Morgan fingerprint density at radius 1 is 1.50 bits per heavy atom. The van der Waals surface area contributed by atoms with Crippen molar-refractivity contribution in [2.45, 2.75) is 13.3 Å². The molecule has 0 atom stereocenters. The van der Waals surface area contributed by atoms with Crippen LogP contribution in [-0.4, -0.2) is 25.4 Å². The molecule has 8 nitrogen and oxygen atoms in total. The maximum absolute atomic E-state index is 11.1. The van der Waals surface area contributed by atoms with Crippen LogP contribution in [0, 0.1) is 0 Å². The number of rotatable bonds is 3. The number of nitrogens with zero attached hydrogens (tertiary/aromatic N) is 3. The minimum Gasteiger partial charge on any atom is -0.376 e. The number of hydrogen-bond donors (Lipinski definition) is 2. The Morgan fingerprint density at radius 3 is 2.64 bits per heavy atom. The van der Waals surface area contributed by atoms with E-state index in [2.05, 4.69) is 5.10 Å². The van der Waals surface area contributed by atoms with Gasteiger partial charge in [-0.25, -0.2) is 4.68 Å². The van der Waals surface area contributed by atoms with Gasteiger partial charge in [0.05, 0.1) is 0 Å². The number of aliphatic hydroxyl groups excluding tert-OH is 1. The minimum absolute atomic E-state index is 0.458. The number of carbonyl (C=O) groups excluding carboxylic acids is 1. The number of nitrogens with two attached hydrogens (primary N) is 1. The Morgan fingerprint density at radius 2 is 2.14 bits per heavy atom. The molecule has 0 aromatic carbocycles. The number of carbonyl (C=O) groups is 1. The number of aromatic nitrogens is 3. The normalized spacial score (nSPS) is 10.1. The summed E-state index contributed by atoms with van der Waals surface area (Å²) in [6.07, 6.45) is 0.951. The van der Waals surface area contributed by atoms with Gasteiger partial charge in [0.1, 0.15) is 19.6 Å². The van der Waals surface area contributed by atoms with Crippen LogP contribution in [0.25, 0.3) is 0 Å². The molecular weight excluding hydrogens is 192 g/mol. The second-order valence-corrected chi connectivity index (χ2v) is 2.48. The number of primary amides is 1. The van der Waals surface area contributed by atoms with E-state index in [1.165, 1.54) is 0 Å². The third kappa shape index (κ3) is 1.85. The van der Waals surface area contributed by atoms with Crippen LogP contribution < -0.4 is 16.9 Å². The molecule has 1 rings (SSSR count). The van der Waals surface area contributed by atoms with Gasteiger partial charge in [0.15, 0.2) is 0 Å². The average molecular weight is 200 g/mol. The standard InChI is InChI=1S/C6H8N4O4/c7-4(12)1-10-6(14)5(13)9(3-11)2-8-10/h2,11H,1,3H2,(H2,7,12). The first-order valence-electron chi connectivity index (χ1n) is 3.62. The lowest BCUT2D eigenvalue weighted by Gasteiger charge is -2.02. The lowest BCUT2D eigenvalue weighted by Crippen LogP contribution is -2.44. The largest absolute Gasteiger partial charge is 0.376 e. The van der Waals surface area contributed by atoms with Gasteiger partial charge in [0.25, 0.3) is 0 Å². The van der Waals surface area contributed by atoms with Crippen molar-refractivity contribution < 1.29 is 9.90 Å². The van der Waals surface area contributed by atoms with Crippen LogP contribution in [0.2, 0.25) is 0 Å². The Balaban J connectivity index is 3.25. The van der Waals surface area contributed by atoms with E-state index >= 15 is 0 Å². The van der Waals surface area contributed by atoms with Crippen LogP contribution in [0.15, 0.2) is 15.9 Å². The molecule has 0 radical (unpaired) electrons. The molecule has 8 heteroatoms. The fraction of sp³-hybridized carbons (Fsp3) is 0.333. The smallest absolute Gasteiger partial charge is 0.333 e. The maximum Gasteiger partial charge on any atom is 0.333 e. The molecule has 0 bridgehead atoms. The van der Waals surface area contributed by atoms with Gasteiger partial charge < -0.3 is 10.8 Å². The molecule has 0 unspecified atom stereocenters. The quantitative estimate of drug-likeness (QED) is 0.499. The van der Waals surface area contributed by atoms with Gasteiger partial charge in [-0.05, 0) is 0 Å². The molecule has 1 heterocycles. The van der Waals surface area contributed by atoms with Gasteiger partial charge in [-0.2, -0.15) is 5.10 Å². The van der Waals surface area contributed by atoms with Crippen LogP contribution in [0.5, 0.6) is 0 Å². The molecule has 1 aromatic heterocycles. The second-order valence-electron chi connectivity index (χ2n) is 2.48. The first-order chi connectivity index (χ1) is 6.56. The average Bonchev–Trinajstić information content (AvgIpc) is 2.13. The van der Waals surface area contributed by atoms with E-state index in [1.54, 1.807) is 0 Å². The summed E-state index contributed by atoms with van der Waals surface area (Å²) >= 11 is 0. The van der Waals surface area contributed by atoms with Crippen LogP contribution in [0.1, 0.15) is 0 Å². The lowest BCUT2D eigenvalue weighted by atomic mass is 10.6. The Hall–Kier alpha value is -1.96. The van der Waals surface area contributed by atoms with E-state index in [1.807, 2.05) is 0 Å². The third-order valence-corrected chi connectivity index (χ3v) is 1.47. The summed E-state index contributed by atoms with van der Waals surface area (Å²) in [5, 5.41) is 12.1. The van der Waals surface area contributed by atoms with Crippen molar-refractivity contribution in [3.8, 4) is 0 Å². The third-order valence-electron chi connectivity index (χ3n) is 1.47. The summed E-state index contributed by atoms with van der Waals surface area (Å²) in [6, 6.07) is 0. The Labute approximate surface area is 77.2 Å². The van der Waals surface area contributed by atoms with Gasteiger partial charge in [0.2, 0.25) is 5.91 Å². The molecule has 0 saturated heterocycles. The number of amides is 1. The molecule has 76 valence electrons. The first kappa shape index (κ1) is 10.1. The highest BCUT2D eigenvalue weighted by molar-refractivity contribution is 5.73. The van der Waals surface area contributed by atoms with Gasteiger partial charge in [-0.15, -0.1) is 0 Å². The van der Waals surface area contributed by atoms with E-state index in [0.29, 0.717) is 9.25 Å². The monoisotopic (exact) mass is 200 g/mol. The second kappa shape index (κ2) is 3.83. The van der Waals surface area contributed by atoms with Gasteiger partial charge in [0, 0.05) is 0 Å². The number of hydrogen-bond acceptors (Lipinski definition) is 5. The van der Waals surface area contributed by atoms with Gasteiger partial charge in [-0.3, -0.25) is 19.0 Å². The van der Waals surface area contributed by atoms with Gasteiger partial charge >= 0.3 is 11.1 Å². The molecule has 1 aromatic rings. The summed E-state index contributed by atoms with van der Waals surface area (Å²) in [7, 11) is 0. The predicted molar refractivity (Wildman–Crippen MR) is 44.2 cm³/mol. The molecular formula is C6H8N4O4. The first-order valence-corrected chi connectivity index (χ1v) is 3.62. The van der Waals surface area contributed by atoms with Crippen LogP contribution in [0.3, 0.4) is 0 Å². The summed E-state index contributed by atoms with van der Waals surface area (Å²) in [4.78, 5) is 32.7. The molecule has 0 fully saturated rings. The van der Waals surface area contributed by atoms with Crippen molar-refractivity contribution in [1.82, 2.24) is 14.3 Å². The van der Waals surface area contributed by atoms with Crippen molar-refractivity contribution in [2.24, 2.45) is 5.73 Å². The van der Waals surface area contributed by atoms with Crippen molar-refractivity contribution in [3.05, 3.63) is 27.0 Å². The Bertz CT molecular complexity index is 460. The van der Waals surface area contributed by atoms with Crippen molar-refractivity contribution >= 4 is 5.91 Å². The Kier molecular flexibility index (Phi) is 2.77. The molecule has 0 aliphatic rings. The summed E-state index contributed by atoms with van der Waals surface area (Å²) < 4.78 is 1.34. The van der Waals surface area contributed by atoms with E-state index in [4.69, 9.17) is 10.8 Å². The fourth-order valence-corrected chi connectivity index (χ4v) is 0.824. The molecule has 0 saturated carbocycles. The number of aliphatic hydroxyl groups is 1. The van der Waals surface area contributed by atoms with Crippen molar-refractivity contribution in [2.75, 3.05) is 0 Å². The highest BCUT2D eigenvalue weighted by Gasteiger charge is 2.06. The van der Waals surface area contributed by atoms with Gasteiger partial charge in [-0.1, -0.05) is 0 Å². The zero-order chi connectivity index (χ0) is 10.7. The zero-order valence-corrected chi connectivity index (χ0v) is 7.08. The SMILES string of the molecule is NC(=O)Cn1ncn(CO)c(=O)c1=O. The molecule has 0 aliphatic heterocycles. The maximum atomic E-state index is 11.1. The van der Waals surface area contributed by atoms with Crippen LogP contribution >= 0.6 is 0 Å². The topological polar surface area (TPSA) is 120 Å². The fourth-order valence-electron chi connectivity index (χ4n) is 0.824. The summed E-state index contributed by atoms with van der Waals surface area (Å²) in [5.74, 6) is -0.777. The lowest BCUT2D eigenvalue weighted by molar-refractivity contribution is -0.118. The van der Waals surface area contributed by atoms with E-state index in [9.17, 15) is 14.4 Å². The highest BCUT2D eigenvalue weighted by Crippen LogP contribution is 1.73. The summed E-state index contributed by atoms with van der Waals surface area (Å²) in [6.45, 7) is -1.10. The van der Waals surface area contributed by atoms with E-state index in [0.717, 1.165) is 6.33 Å². The van der Waals surface area contributed by atoms with Crippen LogP contribution in [-0.2, 0) is 18.1 Å². The van der Waals surface area contributed by atoms with E-state index < -0.39 is 30.3 Å².